The number of nitrogens with one attached hydrogen (secondary N) is 2. The molecule has 1 unspecified atom stereocenters. The third-order valence-corrected chi connectivity index (χ3v) is 3.59. The average molecular weight is 329 g/mol. The lowest BCUT2D eigenvalue weighted by molar-refractivity contribution is -0.885. The van der Waals surface area contributed by atoms with Crippen LogP contribution in [0.1, 0.15) is 12.5 Å². The first kappa shape index (κ1) is 17.8. The number of anilines is 1. The maximum absolute atomic E-state index is 12.3. The number of hydrogen-bond acceptors (Lipinski definition) is 3. The van der Waals surface area contributed by atoms with Gasteiger partial charge in [-0.25, -0.2) is 0 Å². The van der Waals surface area contributed by atoms with Crippen LogP contribution in [0.5, 0.6) is 11.5 Å². The van der Waals surface area contributed by atoms with Crippen molar-refractivity contribution in [1.82, 2.24) is 0 Å². The number of carbonyl (C=O) groups excluding carboxylic acids is 1. The van der Waals surface area contributed by atoms with E-state index in [1.165, 1.54) is 0 Å². The molecule has 0 aliphatic heterocycles. The second kappa shape index (κ2) is 8.93. The van der Waals surface area contributed by atoms with Crippen molar-refractivity contribution < 1.29 is 19.2 Å². The largest absolute Gasteiger partial charge is 0.497 e. The standard InChI is InChI=1S/C19H24N2O3/c1-4-24-18-8-6-5-7-17(18)20-19(22)14-21(2)13-15-9-11-16(23-3)12-10-15/h5-12H,4,13-14H2,1-3H3,(H,20,22)/p+1. The van der Waals surface area contributed by atoms with Gasteiger partial charge in [-0.3, -0.25) is 4.79 Å². The molecule has 0 saturated carbocycles. The molecule has 0 bridgehead atoms. The molecule has 2 N–H and O–H groups in total. The van der Waals surface area contributed by atoms with Crippen molar-refractivity contribution in [2.45, 2.75) is 13.5 Å². The molecule has 0 fully saturated rings. The van der Waals surface area contributed by atoms with E-state index < -0.39 is 0 Å². The quantitative estimate of drug-likeness (QED) is 0.776. The fraction of sp³-hybridized carbons (Fsp3) is 0.316. The number of likely N-dealkylation sites (N-methyl/N-ethyl adjacent to an activating group) is 1. The van der Waals surface area contributed by atoms with Crippen LogP contribution in [-0.4, -0.2) is 33.2 Å². The molecule has 0 aromatic heterocycles. The molecule has 0 aliphatic rings. The summed E-state index contributed by atoms with van der Waals surface area (Å²) in [4.78, 5) is 13.4. The first-order valence-electron chi connectivity index (χ1n) is 8.08. The van der Waals surface area contributed by atoms with Crippen LogP contribution >= 0.6 is 0 Å². The SMILES string of the molecule is CCOc1ccccc1NC(=O)C[NH+](C)Cc1ccc(OC)cc1. The van der Waals surface area contributed by atoms with Gasteiger partial charge in [-0.05, 0) is 43.3 Å². The van der Waals surface area contributed by atoms with Gasteiger partial charge in [0.15, 0.2) is 6.54 Å². The van der Waals surface area contributed by atoms with Crippen molar-refractivity contribution in [2.75, 3.05) is 32.6 Å². The second-order valence-corrected chi connectivity index (χ2v) is 5.64. The number of para-hydroxylation sites is 2. The number of amides is 1. The molecule has 2 aromatic carbocycles. The van der Waals surface area contributed by atoms with E-state index in [1.54, 1.807) is 7.11 Å². The summed E-state index contributed by atoms with van der Waals surface area (Å²) >= 11 is 0. The van der Waals surface area contributed by atoms with Crippen LogP contribution in [0, 0.1) is 0 Å². The predicted molar refractivity (Wildman–Crippen MR) is 94.7 cm³/mol. The second-order valence-electron chi connectivity index (χ2n) is 5.64. The van der Waals surface area contributed by atoms with Crippen LogP contribution in [0.25, 0.3) is 0 Å². The highest BCUT2D eigenvalue weighted by atomic mass is 16.5. The first-order valence-corrected chi connectivity index (χ1v) is 8.08. The molecule has 1 atom stereocenters. The van der Waals surface area contributed by atoms with Crippen LogP contribution < -0.4 is 19.7 Å². The molecule has 5 nitrogen and oxygen atoms in total. The Morgan fingerprint density at radius 3 is 2.50 bits per heavy atom. The van der Waals surface area contributed by atoms with Crippen LogP contribution in [0.4, 0.5) is 5.69 Å². The van der Waals surface area contributed by atoms with Gasteiger partial charge in [0.1, 0.15) is 18.0 Å². The third-order valence-electron chi connectivity index (χ3n) is 3.59. The van der Waals surface area contributed by atoms with Crippen molar-refractivity contribution in [3.63, 3.8) is 0 Å². The number of quaternary nitrogens is 1. The molecule has 1 amide bonds. The number of methoxy groups -OCH3 is 1. The number of ether oxygens (including phenoxy) is 2. The monoisotopic (exact) mass is 329 g/mol. The van der Waals surface area contributed by atoms with E-state index >= 15 is 0 Å². The Hall–Kier alpha value is -2.53. The maximum atomic E-state index is 12.3. The smallest absolute Gasteiger partial charge is 0.279 e. The zero-order valence-corrected chi connectivity index (χ0v) is 14.5. The summed E-state index contributed by atoms with van der Waals surface area (Å²) in [6.45, 7) is 3.64. The lowest BCUT2D eigenvalue weighted by Gasteiger charge is -2.15. The lowest BCUT2D eigenvalue weighted by atomic mass is 10.2. The molecular formula is C19H25N2O3+. The van der Waals surface area contributed by atoms with Gasteiger partial charge in [0, 0.05) is 5.56 Å². The van der Waals surface area contributed by atoms with Crippen LogP contribution in [0.2, 0.25) is 0 Å². The molecule has 2 rings (SSSR count). The highest BCUT2D eigenvalue weighted by Gasteiger charge is 2.13. The highest BCUT2D eigenvalue weighted by Crippen LogP contribution is 2.23. The molecule has 2 aromatic rings. The summed E-state index contributed by atoms with van der Waals surface area (Å²) in [5.41, 5.74) is 1.87. The Morgan fingerprint density at radius 2 is 1.83 bits per heavy atom. The van der Waals surface area contributed by atoms with Gasteiger partial charge in [-0.1, -0.05) is 12.1 Å². The number of benzene rings is 2. The van der Waals surface area contributed by atoms with Crippen molar-refractivity contribution in [3.05, 3.63) is 54.1 Å². The van der Waals surface area contributed by atoms with Gasteiger partial charge in [0.25, 0.3) is 5.91 Å². The molecule has 5 heteroatoms. The number of hydrogen-bond donors (Lipinski definition) is 2. The summed E-state index contributed by atoms with van der Waals surface area (Å²) in [6.07, 6.45) is 0. The summed E-state index contributed by atoms with van der Waals surface area (Å²) in [5.74, 6) is 1.50. The zero-order valence-electron chi connectivity index (χ0n) is 14.5. The summed E-state index contributed by atoms with van der Waals surface area (Å²) in [5, 5.41) is 2.93. The van der Waals surface area contributed by atoms with E-state index in [1.807, 2.05) is 62.5 Å². The molecule has 0 spiro atoms. The minimum absolute atomic E-state index is 0.0341. The average Bonchev–Trinajstić information content (AvgIpc) is 2.57. The Balaban J connectivity index is 1.89. The number of rotatable bonds is 8. The molecule has 24 heavy (non-hydrogen) atoms. The maximum Gasteiger partial charge on any atom is 0.279 e. The fourth-order valence-corrected chi connectivity index (χ4v) is 2.47. The minimum atomic E-state index is -0.0341. The summed E-state index contributed by atoms with van der Waals surface area (Å²) in [7, 11) is 3.65. The summed E-state index contributed by atoms with van der Waals surface area (Å²) < 4.78 is 10.7. The van der Waals surface area contributed by atoms with Crippen molar-refractivity contribution >= 4 is 11.6 Å². The number of carbonyl (C=O) groups is 1. The normalized spacial score (nSPS) is 11.6. The Labute approximate surface area is 143 Å². The molecule has 0 saturated heterocycles. The van der Waals surface area contributed by atoms with Gasteiger partial charge in [-0.2, -0.15) is 0 Å². The highest BCUT2D eigenvalue weighted by molar-refractivity contribution is 5.92. The first-order chi connectivity index (χ1) is 11.6. The minimum Gasteiger partial charge on any atom is -0.497 e. The molecule has 0 heterocycles. The molecular weight excluding hydrogens is 304 g/mol. The van der Waals surface area contributed by atoms with Gasteiger partial charge in [-0.15, -0.1) is 0 Å². The van der Waals surface area contributed by atoms with Crippen molar-refractivity contribution in [2.24, 2.45) is 0 Å². The van der Waals surface area contributed by atoms with E-state index in [0.717, 1.165) is 22.8 Å². The summed E-state index contributed by atoms with van der Waals surface area (Å²) in [6, 6.07) is 15.4. The Bertz CT molecular complexity index is 656. The van der Waals surface area contributed by atoms with Gasteiger partial charge in [0.2, 0.25) is 0 Å². The lowest BCUT2D eigenvalue weighted by Crippen LogP contribution is -3.08. The van der Waals surface area contributed by atoms with Gasteiger partial charge < -0.3 is 19.7 Å². The fourth-order valence-electron chi connectivity index (χ4n) is 2.47. The van der Waals surface area contributed by atoms with E-state index in [2.05, 4.69) is 5.32 Å². The van der Waals surface area contributed by atoms with Crippen LogP contribution in [-0.2, 0) is 11.3 Å². The van der Waals surface area contributed by atoms with E-state index in [9.17, 15) is 4.79 Å². The van der Waals surface area contributed by atoms with Gasteiger partial charge >= 0.3 is 0 Å². The van der Waals surface area contributed by atoms with E-state index in [-0.39, 0.29) is 5.91 Å². The van der Waals surface area contributed by atoms with Crippen molar-refractivity contribution in [3.8, 4) is 11.5 Å². The molecule has 128 valence electrons. The Kier molecular flexibility index (Phi) is 6.63. The van der Waals surface area contributed by atoms with Gasteiger partial charge in [0.05, 0.1) is 26.5 Å². The molecule has 0 aliphatic carbocycles. The van der Waals surface area contributed by atoms with Crippen LogP contribution in [0.3, 0.4) is 0 Å². The predicted octanol–water partition coefficient (Wildman–Crippen LogP) is 1.75. The van der Waals surface area contributed by atoms with E-state index in [4.69, 9.17) is 9.47 Å². The zero-order chi connectivity index (χ0) is 17.4. The Morgan fingerprint density at radius 1 is 1.12 bits per heavy atom. The molecule has 0 radical (unpaired) electrons. The van der Waals surface area contributed by atoms with Crippen LogP contribution in [0.15, 0.2) is 48.5 Å². The van der Waals surface area contributed by atoms with E-state index in [0.29, 0.717) is 24.6 Å². The van der Waals surface area contributed by atoms with Crippen molar-refractivity contribution in [1.29, 1.82) is 0 Å². The third kappa shape index (κ3) is 5.28. The topological polar surface area (TPSA) is 52.0 Å².